The molecule has 2 aromatic carbocycles. The Morgan fingerprint density at radius 2 is 1.97 bits per heavy atom. The Morgan fingerprint density at radius 3 is 2.74 bits per heavy atom. The minimum atomic E-state index is -0.673. The van der Waals surface area contributed by atoms with E-state index in [1.165, 1.54) is 16.2 Å². The van der Waals surface area contributed by atoms with Crippen molar-refractivity contribution in [3.8, 4) is 5.75 Å². The highest BCUT2D eigenvalue weighted by atomic mass is 32.1. The number of Topliss-reactive ketones (excluding diaryl/α,β-unsaturated/α-hetero) is 1. The molecule has 2 aliphatic rings. The summed E-state index contributed by atoms with van der Waals surface area (Å²) in [7, 11) is 0. The molecule has 1 N–H and O–H groups in total. The quantitative estimate of drug-likeness (QED) is 0.360. The monoisotopic (exact) mass is 431 g/mol. The number of anilines is 1. The number of aliphatic hydroxyl groups excluding tert-OH is 1. The number of carbonyl (C=O) groups is 2. The average molecular weight is 432 g/mol. The summed E-state index contributed by atoms with van der Waals surface area (Å²) in [4.78, 5) is 28.7. The average Bonchev–Trinajstić information content (AvgIpc) is 3.41. The first-order chi connectivity index (χ1) is 15.1. The first kappa shape index (κ1) is 19.6. The standard InChI is InChI=1S/C25H21NO4S/c1-15-6-2-3-8-18(15)26-22(20-9-5-13-31-20)21(24(28)25(26)29)23(27)17-10-11-19-16(14-17)7-4-12-30-19/h2-3,5-6,8-11,13-14,22,27H,4,7,12H2,1H3/b23-21-. The van der Waals surface area contributed by atoms with Gasteiger partial charge in [-0.25, -0.2) is 0 Å². The number of hydrogen-bond acceptors (Lipinski definition) is 5. The van der Waals surface area contributed by atoms with E-state index in [9.17, 15) is 14.7 Å². The van der Waals surface area contributed by atoms with E-state index in [-0.39, 0.29) is 11.3 Å². The summed E-state index contributed by atoms with van der Waals surface area (Å²) in [6, 6.07) is 16.0. The number of ether oxygens (including phenoxy) is 1. The summed E-state index contributed by atoms with van der Waals surface area (Å²) >= 11 is 1.46. The van der Waals surface area contributed by atoms with Crippen molar-refractivity contribution in [2.45, 2.75) is 25.8 Å². The highest BCUT2D eigenvalue weighted by Crippen LogP contribution is 2.44. The molecular weight excluding hydrogens is 410 g/mol. The van der Waals surface area contributed by atoms with E-state index in [4.69, 9.17) is 4.74 Å². The first-order valence-corrected chi connectivity index (χ1v) is 11.1. The first-order valence-electron chi connectivity index (χ1n) is 10.2. The predicted molar refractivity (Wildman–Crippen MR) is 121 cm³/mol. The summed E-state index contributed by atoms with van der Waals surface area (Å²) in [5.41, 5.74) is 3.19. The molecule has 0 saturated carbocycles. The van der Waals surface area contributed by atoms with E-state index in [1.54, 1.807) is 6.07 Å². The number of carbonyl (C=O) groups excluding carboxylic acids is 2. The van der Waals surface area contributed by atoms with Crippen LogP contribution in [0.4, 0.5) is 5.69 Å². The van der Waals surface area contributed by atoms with Crippen LogP contribution in [0.5, 0.6) is 5.75 Å². The van der Waals surface area contributed by atoms with Crippen molar-refractivity contribution in [3.05, 3.63) is 87.1 Å². The number of ketones is 1. The van der Waals surface area contributed by atoms with E-state index in [0.29, 0.717) is 17.9 Å². The summed E-state index contributed by atoms with van der Waals surface area (Å²) in [6.45, 7) is 2.59. The number of para-hydroxylation sites is 1. The number of aryl methyl sites for hydroxylation is 2. The number of rotatable bonds is 3. The molecule has 2 aliphatic heterocycles. The summed E-state index contributed by atoms with van der Waals surface area (Å²) < 4.78 is 5.66. The number of nitrogens with zero attached hydrogens (tertiary/aromatic N) is 1. The number of aliphatic hydroxyl groups is 1. The van der Waals surface area contributed by atoms with Crippen molar-refractivity contribution in [1.29, 1.82) is 0 Å². The zero-order valence-corrected chi connectivity index (χ0v) is 17.8. The fourth-order valence-electron chi connectivity index (χ4n) is 4.29. The van der Waals surface area contributed by atoms with Crippen LogP contribution in [0.15, 0.2) is 65.6 Å². The van der Waals surface area contributed by atoms with Crippen molar-refractivity contribution in [2.24, 2.45) is 0 Å². The molecule has 1 atom stereocenters. The van der Waals surface area contributed by atoms with E-state index in [2.05, 4.69) is 0 Å². The van der Waals surface area contributed by atoms with Gasteiger partial charge in [0.15, 0.2) is 0 Å². The maximum Gasteiger partial charge on any atom is 0.300 e. The molecule has 6 heteroatoms. The van der Waals surface area contributed by atoms with Crippen LogP contribution in [0.3, 0.4) is 0 Å². The molecule has 3 heterocycles. The number of benzene rings is 2. The van der Waals surface area contributed by atoms with Crippen molar-refractivity contribution < 1.29 is 19.4 Å². The Morgan fingerprint density at radius 1 is 1.13 bits per heavy atom. The maximum atomic E-state index is 13.2. The van der Waals surface area contributed by atoms with Crippen LogP contribution < -0.4 is 9.64 Å². The summed E-state index contributed by atoms with van der Waals surface area (Å²) in [6.07, 6.45) is 1.76. The molecular formula is C25H21NO4S. The molecule has 1 aromatic heterocycles. The SMILES string of the molecule is Cc1ccccc1N1C(=O)C(=O)/C(=C(\O)c2ccc3c(c2)CCCO3)C1c1cccs1. The normalized spacial score (nSPS) is 19.9. The molecule has 156 valence electrons. The lowest BCUT2D eigenvalue weighted by atomic mass is 9.97. The van der Waals surface area contributed by atoms with Crippen LogP contribution in [0, 0.1) is 6.92 Å². The largest absolute Gasteiger partial charge is 0.507 e. The van der Waals surface area contributed by atoms with Crippen LogP contribution >= 0.6 is 11.3 Å². The van der Waals surface area contributed by atoms with Crippen LogP contribution in [-0.2, 0) is 16.0 Å². The van der Waals surface area contributed by atoms with E-state index < -0.39 is 17.7 Å². The van der Waals surface area contributed by atoms with E-state index >= 15 is 0 Å². The zero-order chi connectivity index (χ0) is 21.5. The lowest BCUT2D eigenvalue weighted by Crippen LogP contribution is -2.29. The lowest BCUT2D eigenvalue weighted by Gasteiger charge is -2.25. The molecule has 1 saturated heterocycles. The van der Waals surface area contributed by atoms with Crippen LogP contribution in [0.1, 0.15) is 34.0 Å². The molecule has 1 amide bonds. The Balaban J connectivity index is 1.69. The predicted octanol–water partition coefficient (Wildman–Crippen LogP) is 5.01. The van der Waals surface area contributed by atoms with Crippen molar-refractivity contribution in [1.82, 2.24) is 0 Å². The van der Waals surface area contributed by atoms with Gasteiger partial charge in [0.1, 0.15) is 17.6 Å². The zero-order valence-electron chi connectivity index (χ0n) is 17.0. The van der Waals surface area contributed by atoms with Gasteiger partial charge in [-0.2, -0.15) is 0 Å². The molecule has 0 aliphatic carbocycles. The highest BCUT2D eigenvalue weighted by Gasteiger charge is 2.47. The molecule has 5 nitrogen and oxygen atoms in total. The third-order valence-electron chi connectivity index (χ3n) is 5.81. The van der Waals surface area contributed by atoms with Gasteiger partial charge < -0.3 is 9.84 Å². The number of fused-ring (bicyclic) bond motifs is 1. The van der Waals surface area contributed by atoms with Gasteiger partial charge in [-0.3, -0.25) is 14.5 Å². The highest BCUT2D eigenvalue weighted by molar-refractivity contribution is 7.10. The fourth-order valence-corrected chi connectivity index (χ4v) is 5.12. The van der Waals surface area contributed by atoms with Crippen molar-refractivity contribution in [3.63, 3.8) is 0 Å². The van der Waals surface area contributed by atoms with Gasteiger partial charge in [0.05, 0.1) is 12.2 Å². The van der Waals surface area contributed by atoms with Gasteiger partial charge in [0, 0.05) is 16.1 Å². The van der Waals surface area contributed by atoms with Gasteiger partial charge in [-0.15, -0.1) is 11.3 Å². The van der Waals surface area contributed by atoms with E-state index in [0.717, 1.165) is 34.6 Å². The molecule has 1 fully saturated rings. The maximum absolute atomic E-state index is 13.2. The minimum Gasteiger partial charge on any atom is -0.507 e. The smallest absolute Gasteiger partial charge is 0.300 e. The lowest BCUT2D eigenvalue weighted by molar-refractivity contribution is -0.132. The number of hydrogen-bond donors (Lipinski definition) is 1. The van der Waals surface area contributed by atoms with Gasteiger partial charge in [0.2, 0.25) is 0 Å². The third kappa shape index (κ3) is 3.24. The molecule has 1 unspecified atom stereocenters. The summed E-state index contributed by atoms with van der Waals surface area (Å²) in [5, 5.41) is 13.2. The Kier molecular flexibility index (Phi) is 4.87. The van der Waals surface area contributed by atoms with Crippen LogP contribution in [0.2, 0.25) is 0 Å². The molecule has 0 bridgehead atoms. The number of amides is 1. The number of thiophene rings is 1. The molecule has 5 rings (SSSR count). The second-order valence-electron chi connectivity index (χ2n) is 7.75. The minimum absolute atomic E-state index is 0.118. The van der Waals surface area contributed by atoms with Gasteiger partial charge in [-0.05, 0) is 66.6 Å². The molecule has 0 radical (unpaired) electrons. The fraction of sp³-hybridized carbons (Fsp3) is 0.200. The molecule has 3 aromatic rings. The van der Waals surface area contributed by atoms with Crippen molar-refractivity contribution in [2.75, 3.05) is 11.5 Å². The van der Waals surface area contributed by atoms with Gasteiger partial charge in [-0.1, -0.05) is 24.3 Å². The Hall–Kier alpha value is -3.38. The molecule has 31 heavy (non-hydrogen) atoms. The van der Waals surface area contributed by atoms with Gasteiger partial charge in [0.25, 0.3) is 11.7 Å². The second-order valence-corrected chi connectivity index (χ2v) is 8.72. The van der Waals surface area contributed by atoms with Crippen molar-refractivity contribution >= 4 is 34.5 Å². The second kappa shape index (κ2) is 7.71. The Bertz CT molecular complexity index is 1210. The van der Waals surface area contributed by atoms with E-state index in [1.807, 2.05) is 60.8 Å². The third-order valence-corrected chi connectivity index (χ3v) is 6.74. The summed E-state index contributed by atoms with van der Waals surface area (Å²) in [5.74, 6) is -0.650. The van der Waals surface area contributed by atoms with Crippen LogP contribution in [0.25, 0.3) is 5.76 Å². The Labute approximate surface area is 184 Å². The van der Waals surface area contributed by atoms with Gasteiger partial charge >= 0.3 is 0 Å². The molecule has 0 spiro atoms. The van der Waals surface area contributed by atoms with Crippen LogP contribution in [-0.4, -0.2) is 23.4 Å². The topological polar surface area (TPSA) is 66.8 Å².